The summed E-state index contributed by atoms with van der Waals surface area (Å²) in [7, 11) is 3.14. The number of methoxy groups -OCH3 is 2. The van der Waals surface area contributed by atoms with Crippen LogP contribution in [0, 0.1) is 5.41 Å². The lowest BCUT2D eigenvalue weighted by atomic mass is 9.77. The minimum absolute atomic E-state index is 0.0935. The van der Waals surface area contributed by atoms with Gasteiger partial charge in [-0.15, -0.1) is 0 Å². The fourth-order valence-electron chi connectivity index (χ4n) is 3.31. The van der Waals surface area contributed by atoms with Crippen molar-refractivity contribution in [3.8, 4) is 11.5 Å². The van der Waals surface area contributed by atoms with Crippen LogP contribution >= 0.6 is 0 Å². The van der Waals surface area contributed by atoms with Crippen LogP contribution < -0.4 is 14.8 Å². The van der Waals surface area contributed by atoms with Gasteiger partial charge < -0.3 is 19.9 Å². The first kappa shape index (κ1) is 19.1. The Morgan fingerprint density at radius 2 is 1.76 bits per heavy atom. The lowest BCUT2D eigenvalue weighted by molar-refractivity contribution is -0.147. The molecule has 0 unspecified atom stereocenters. The Morgan fingerprint density at radius 1 is 1.16 bits per heavy atom. The molecule has 0 radical (unpaired) electrons. The van der Waals surface area contributed by atoms with Crippen LogP contribution in [0.3, 0.4) is 0 Å². The second-order valence-electron chi connectivity index (χ2n) is 7.23. The molecule has 1 aromatic rings. The van der Waals surface area contributed by atoms with Crippen LogP contribution in [0.5, 0.6) is 11.5 Å². The van der Waals surface area contributed by atoms with E-state index < -0.39 is 16.8 Å². The average molecular weight is 349 g/mol. The smallest absolute Gasteiger partial charge is 0.310 e. The summed E-state index contributed by atoms with van der Waals surface area (Å²) in [6.07, 6.45) is 3.40. The molecule has 1 fully saturated rings. The summed E-state index contributed by atoms with van der Waals surface area (Å²) in [5.41, 5.74) is -0.769. The van der Waals surface area contributed by atoms with Gasteiger partial charge in [-0.3, -0.25) is 9.59 Å². The summed E-state index contributed by atoms with van der Waals surface area (Å²) in [4.78, 5) is 24.3. The maximum atomic E-state index is 13.0. The highest BCUT2D eigenvalue weighted by molar-refractivity contribution is 5.89. The molecule has 0 heterocycles. The number of carboxylic acids is 1. The monoisotopic (exact) mass is 349 g/mol. The fourth-order valence-corrected chi connectivity index (χ4v) is 3.31. The van der Waals surface area contributed by atoms with Gasteiger partial charge in [-0.25, -0.2) is 0 Å². The van der Waals surface area contributed by atoms with Crippen molar-refractivity contribution in [1.82, 2.24) is 5.32 Å². The van der Waals surface area contributed by atoms with E-state index in [-0.39, 0.29) is 12.5 Å². The molecule has 1 aromatic carbocycles. The van der Waals surface area contributed by atoms with E-state index in [2.05, 4.69) is 5.32 Å². The Bertz CT molecular complexity index is 647. The molecule has 6 nitrogen and oxygen atoms in total. The van der Waals surface area contributed by atoms with Gasteiger partial charge in [0.2, 0.25) is 5.91 Å². The minimum atomic E-state index is -1.01. The quantitative estimate of drug-likeness (QED) is 0.791. The van der Waals surface area contributed by atoms with Crippen LogP contribution in [0.4, 0.5) is 0 Å². The lowest BCUT2D eigenvalue weighted by Gasteiger charge is -2.30. The maximum Gasteiger partial charge on any atom is 0.310 e. The number of carbonyl (C=O) groups is 2. The first-order chi connectivity index (χ1) is 11.8. The molecule has 0 aliphatic heterocycles. The highest BCUT2D eigenvalue weighted by Crippen LogP contribution is 2.44. The van der Waals surface area contributed by atoms with E-state index in [4.69, 9.17) is 9.47 Å². The molecule has 1 aliphatic rings. The molecule has 0 saturated heterocycles. The third kappa shape index (κ3) is 3.72. The molecule has 0 bridgehead atoms. The third-order valence-corrected chi connectivity index (χ3v) is 5.10. The molecule has 138 valence electrons. The molecule has 1 saturated carbocycles. The van der Waals surface area contributed by atoms with Crippen molar-refractivity contribution < 1.29 is 24.2 Å². The molecule has 1 aliphatic carbocycles. The summed E-state index contributed by atoms with van der Waals surface area (Å²) in [6, 6.07) is 5.56. The summed E-state index contributed by atoms with van der Waals surface area (Å²) < 4.78 is 10.6. The van der Waals surface area contributed by atoms with Crippen LogP contribution in [-0.2, 0) is 15.0 Å². The van der Waals surface area contributed by atoms with Gasteiger partial charge in [0.1, 0.15) is 0 Å². The van der Waals surface area contributed by atoms with Crippen molar-refractivity contribution in [2.24, 2.45) is 5.41 Å². The van der Waals surface area contributed by atoms with Crippen molar-refractivity contribution in [3.63, 3.8) is 0 Å². The topological polar surface area (TPSA) is 84.9 Å². The van der Waals surface area contributed by atoms with Crippen molar-refractivity contribution in [2.45, 2.75) is 44.9 Å². The number of amides is 1. The van der Waals surface area contributed by atoms with Gasteiger partial charge in [0.25, 0.3) is 0 Å². The second kappa shape index (κ2) is 7.33. The van der Waals surface area contributed by atoms with Crippen LogP contribution in [0.1, 0.15) is 45.1 Å². The minimum Gasteiger partial charge on any atom is -0.493 e. The van der Waals surface area contributed by atoms with Gasteiger partial charge in [0, 0.05) is 6.54 Å². The van der Waals surface area contributed by atoms with Crippen LogP contribution in [0.2, 0.25) is 0 Å². The van der Waals surface area contributed by atoms with Gasteiger partial charge in [-0.1, -0.05) is 18.9 Å². The molecule has 25 heavy (non-hydrogen) atoms. The zero-order valence-corrected chi connectivity index (χ0v) is 15.3. The van der Waals surface area contributed by atoms with Gasteiger partial charge in [-0.2, -0.15) is 0 Å². The van der Waals surface area contributed by atoms with Crippen LogP contribution in [-0.4, -0.2) is 37.7 Å². The van der Waals surface area contributed by atoms with Crippen molar-refractivity contribution in [3.05, 3.63) is 23.8 Å². The standard InChI is InChI=1S/C19H27NO5/c1-18(2,17(22)23)12-20-16(21)19(9-5-6-10-19)13-7-8-14(24-3)15(11-13)25-4/h7-8,11H,5-6,9-10,12H2,1-4H3,(H,20,21)(H,22,23). The molecule has 0 spiro atoms. The van der Waals surface area contributed by atoms with Gasteiger partial charge in [-0.05, 0) is 44.4 Å². The number of rotatable bonds is 7. The summed E-state index contributed by atoms with van der Waals surface area (Å²) in [5, 5.41) is 12.1. The molecule has 0 aromatic heterocycles. The first-order valence-corrected chi connectivity index (χ1v) is 8.51. The zero-order chi connectivity index (χ0) is 18.7. The molecular weight excluding hydrogens is 322 g/mol. The number of aliphatic carboxylic acids is 1. The number of carboxylic acid groups (broad SMARTS) is 1. The third-order valence-electron chi connectivity index (χ3n) is 5.10. The Labute approximate surface area is 148 Å². The number of nitrogens with one attached hydrogen (secondary N) is 1. The summed E-state index contributed by atoms with van der Waals surface area (Å²) in [6.45, 7) is 3.30. The first-order valence-electron chi connectivity index (χ1n) is 8.51. The summed E-state index contributed by atoms with van der Waals surface area (Å²) in [5.74, 6) is 0.155. The summed E-state index contributed by atoms with van der Waals surface area (Å²) >= 11 is 0. The van der Waals surface area contributed by atoms with Crippen molar-refractivity contribution >= 4 is 11.9 Å². The Kier molecular flexibility index (Phi) is 5.60. The van der Waals surface area contributed by atoms with Crippen LogP contribution in [0.25, 0.3) is 0 Å². The number of hydrogen-bond donors (Lipinski definition) is 2. The number of ether oxygens (including phenoxy) is 2. The van der Waals surface area contributed by atoms with E-state index in [1.807, 2.05) is 18.2 Å². The predicted octanol–water partition coefficient (Wildman–Crippen LogP) is 2.74. The molecule has 2 rings (SSSR count). The number of hydrogen-bond acceptors (Lipinski definition) is 4. The highest BCUT2D eigenvalue weighted by Gasteiger charge is 2.43. The van der Waals surface area contributed by atoms with E-state index in [0.29, 0.717) is 11.5 Å². The van der Waals surface area contributed by atoms with Crippen LogP contribution in [0.15, 0.2) is 18.2 Å². The van der Waals surface area contributed by atoms with Gasteiger partial charge in [0.05, 0.1) is 25.0 Å². The fraction of sp³-hybridized carbons (Fsp3) is 0.579. The zero-order valence-electron chi connectivity index (χ0n) is 15.3. The molecule has 2 N–H and O–H groups in total. The van der Waals surface area contributed by atoms with E-state index in [9.17, 15) is 14.7 Å². The average Bonchev–Trinajstić information content (AvgIpc) is 3.10. The number of benzene rings is 1. The second-order valence-corrected chi connectivity index (χ2v) is 7.23. The molecule has 0 atom stereocenters. The van der Waals surface area contributed by atoms with E-state index >= 15 is 0 Å². The van der Waals surface area contributed by atoms with E-state index in [0.717, 1.165) is 31.2 Å². The SMILES string of the molecule is COc1ccc(C2(C(=O)NCC(C)(C)C(=O)O)CCCC2)cc1OC. The molecular formula is C19H27NO5. The largest absolute Gasteiger partial charge is 0.493 e. The van der Waals surface area contributed by atoms with E-state index in [1.54, 1.807) is 28.1 Å². The highest BCUT2D eigenvalue weighted by atomic mass is 16.5. The van der Waals surface area contributed by atoms with Gasteiger partial charge in [0.15, 0.2) is 11.5 Å². The normalized spacial score (nSPS) is 16.3. The lowest BCUT2D eigenvalue weighted by Crippen LogP contribution is -2.47. The Balaban J connectivity index is 2.29. The molecule has 6 heteroatoms. The van der Waals surface area contributed by atoms with E-state index in [1.165, 1.54) is 0 Å². The van der Waals surface area contributed by atoms with Gasteiger partial charge >= 0.3 is 5.97 Å². The Morgan fingerprint density at radius 3 is 2.28 bits per heavy atom. The Hall–Kier alpha value is -2.24. The maximum absolute atomic E-state index is 13.0. The van der Waals surface area contributed by atoms with Crippen molar-refractivity contribution in [2.75, 3.05) is 20.8 Å². The number of carbonyl (C=O) groups excluding carboxylic acids is 1. The molecule has 1 amide bonds. The van der Waals surface area contributed by atoms with Crippen molar-refractivity contribution in [1.29, 1.82) is 0 Å². The predicted molar refractivity (Wildman–Crippen MR) is 94.1 cm³/mol.